The average Bonchev–Trinajstić information content (AvgIpc) is 2.47. The number of primary sulfonamides is 1. The molecule has 0 saturated heterocycles. The summed E-state index contributed by atoms with van der Waals surface area (Å²) in [6.45, 7) is 0. The molecule has 0 unspecified atom stereocenters. The molecule has 5 nitrogen and oxygen atoms in total. The van der Waals surface area contributed by atoms with Crippen LogP contribution in [0.4, 0.5) is 4.39 Å². The van der Waals surface area contributed by atoms with Crippen molar-refractivity contribution in [2.24, 2.45) is 5.14 Å². The Morgan fingerprint density at radius 1 is 1.43 bits per heavy atom. The van der Waals surface area contributed by atoms with E-state index in [0.29, 0.717) is 0 Å². The standard InChI is InChI=1S/C7H6FN3O2S/c8-5-3-1-2-4-6(5)10-11-7(4)14(9,12)13/h1-3H,(H,10,11)(H2,9,12,13). The Kier molecular flexibility index (Phi) is 1.79. The number of H-pyrrole nitrogens is 1. The van der Waals surface area contributed by atoms with Crippen molar-refractivity contribution in [2.75, 3.05) is 0 Å². The van der Waals surface area contributed by atoms with Gasteiger partial charge in [-0.3, -0.25) is 5.10 Å². The van der Waals surface area contributed by atoms with E-state index in [0.717, 1.165) is 0 Å². The first-order valence-electron chi connectivity index (χ1n) is 3.65. The second-order valence-electron chi connectivity index (χ2n) is 2.73. The summed E-state index contributed by atoms with van der Waals surface area (Å²) in [7, 11) is -3.89. The van der Waals surface area contributed by atoms with Crippen molar-refractivity contribution in [3.05, 3.63) is 24.0 Å². The number of nitrogens with two attached hydrogens (primary N) is 1. The van der Waals surface area contributed by atoms with Crippen LogP contribution in [-0.2, 0) is 10.0 Å². The van der Waals surface area contributed by atoms with E-state index in [4.69, 9.17) is 5.14 Å². The van der Waals surface area contributed by atoms with Gasteiger partial charge in [0.1, 0.15) is 5.52 Å². The zero-order valence-electron chi connectivity index (χ0n) is 6.86. The maximum Gasteiger partial charge on any atom is 0.255 e. The molecule has 1 heterocycles. The third kappa shape index (κ3) is 1.26. The Bertz CT molecular complexity index is 590. The molecule has 1 aromatic carbocycles. The zero-order valence-corrected chi connectivity index (χ0v) is 7.68. The molecule has 0 atom stereocenters. The second kappa shape index (κ2) is 2.76. The van der Waals surface area contributed by atoms with Crippen molar-refractivity contribution < 1.29 is 12.8 Å². The van der Waals surface area contributed by atoms with Crippen LogP contribution in [0.5, 0.6) is 0 Å². The Labute approximate surface area is 78.8 Å². The SMILES string of the molecule is NS(=O)(=O)c1[nH]nc2c(F)cccc12. The van der Waals surface area contributed by atoms with Gasteiger partial charge in [-0.2, -0.15) is 5.10 Å². The molecule has 0 spiro atoms. The lowest BCUT2D eigenvalue weighted by molar-refractivity contribution is 0.594. The van der Waals surface area contributed by atoms with Crippen LogP contribution in [0, 0.1) is 5.82 Å². The minimum Gasteiger partial charge on any atom is -0.265 e. The van der Waals surface area contributed by atoms with E-state index >= 15 is 0 Å². The highest BCUT2D eigenvalue weighted by molar-refractivity contribution is 7.89. The number of sulfonamides is 1. The monoisotopic (exact) mass is 215 g/mol. The first-order chi connectivity index (χ1) is 6.50. The Hall–Kier alpha value is -1.47. The number of aromatic amines is 1. The summed E-state index contributed by atoms with van der Waals surface area (Å²) < 4.78 is 35.1. The topological polar surface area (TPSA) is 88.8 Å². The number of nitrogens with zero attached hydrogens (tertiary/aromatic N) is 1. The van der Waals surface area contributed by atoms with Gasteiger partial charge in [0, 0.05) is 5.39 Å². The van der Waals surface area contributed by atoms with E-state index in [1.165, 1.54) is 18.2 Å². The molecule has 7 heteroatoms. The molecule has 0 saturated carbocycles. The zero-order chi connectivity index (χ0) is 10.3. The van der Waals surface area contributed by atoms with Gasteiger partial charge in [-0.25, -0.2) is 17.9 Å². The number of fused-ring (bicyclic) bond motifs is 1. The molecule has 74 valence electrons. The molecular weight excluding hydrogens is 209 g/mol. The van der Waals surface area contributed by atoms with Crippen LogP contribution in [0.25, 0.3) is 10.9 Å². The fraction of sp³-hybridized carbons (Fsp3) is 0. The third-order valence-corrected chi connectivity index (χ3v) is 2.67. The molecule has 2 rings (SSSR count). The van der Waals surface area contributed by atoms with Crippen LogP contribution >= 0.6 is 0 Å². The van der Waals surface area contributed by atoms with Crippen molar-refractivity contribution in [3.63, 3.8) is 0 Å². The summed E-state index contributed by atoms with van der Waals surface area (Å²) >= 11 is 0. The molecule has 0 radical (unpaired) electrons. The van der Waals surface area contributed by atoms with Gasteiger partial charge in [-0.15, -0.1) is 0 Å². The molecule has 3 N–H and O–H groups in total. The summed E-state index contributed by atoms with van der Waals surface area (Å²) in [4.78, 5) is 0. The van der Waals surface area contributed by atoms with E-state index < -0.39 is 15.8 Å². The van der Waals surface area contributed by atoms with Crippen molar-refractivity contribution in [3.8, 4) is 0 Å². The maximum absolute atomic E-state index is 13.1. The van der Waals surface area contributed by atoms with Crippen LogP contribution in [0.2, 0.25) is 0 Å². The van der Waals surface area contributed by atoms with Gasteiger partial charge in [0.25, 0.3) is 10.0 Å². The van der Waals surface area contributed by atoms with Gasteiger partial charge in [0.15, 0.2) is 10.8 Å². The Morgan fingerprint density at radius 3 is 2.79 bits per heavy atom. The minimum atomic E-state index is -3.89. The maximum atomic E-state index is 13.1. The summed E-state index contributed by atoms with van der Waals surface area (Å²) in [5.74, 6) is -0.589. The lowest BCUT2D eigenvalue weighted by Crippen LogP contribution is -2.12. The summed E-state index contributed by atoms with van der Waals surface area (Å²) in [6.07, 6.45) is 0. The number of aromatic nitrogens is 2. The fourth-order valence-corrected chi connectivity index (χ4v) is 1.84. The molecule has 1 aromatic heterocycles. The molecule has 2 aromatic rings. The van der Waals surface area contributed by atoms with Crippen molar-refractivity contribution in [2.45, 2.75) is 5.03 Å². The van der Waals surface area contributed by atoms with Crippen molar-refractivity contribution in [1.29, 1.82) is 0 Å². The van der Waals surface area contributed by atoms with E-state index in [1.807, 2.05) is 0 Å². The quantitative estimate of drug-likeness (QED) is 0.719. The first kappa shape index (κ1) is 9.10. The third-order valence-electron chi connectivity index (χ3n) is 1.79. The Morgan fingerprint density at radius 2 is 2.14 bits per heavy atom. The van der Waals surface area contributed by atoms with E-state index in [-0.39, 0.29) is 15.9 Å². The number of para-hydroxylation sites is 1. The van der Waals surface area contributed by atoms with Gasteiger partial charge in [-0.1, -0.05) is 6.07 Å². The van der Waals surface area contributed by atoms with Crippen LogP contribution in [-0.4, -0.2) is 18.6 Å². The van der Waals surface area contributed by atoms with Gasteiger partial charge in [0.2, 0.25) is 0 Å². The molecule has 0 aliphatic carbocycles. The lowest BCUT2D eigenvalue weighted by atomic mass is 10.2. The van der Waals surface area contributed by atoms with Crippen LogP contribution in [0.3, 0.4) is 0 Å². The highest BCUT2D eigenvalue weighted by atomic mass is 32.2. The molecule has 0 fully saturated rings. The summed E-state index contributed by atoms with van der Waals surface area (Å²) in [5, 5.41) is 10.5. The van der Waals surface area contributed by atoms with Crippen LogP contribution in [0.1, 0.15) is 0 Å². The number of nitrogens with one attached hydrogen (secondary N) is 1. The molecule has 0 aliphatic heterocycles. The lowest BCUT2D eigenvalue weighted by Gasteiger charge is -1.93. The second-order valence-corrected chi connectivity index (χ2v) is 4.23. The molecular formula is C7H6FN3O2S. The number of halogens is 1. The summed E-state index contributed by atoms with van der Waals surface area (Å²) in [6, 6.07) is 4.01. The molecule has 14 heavy (non-hydrogen) atoms. The van der Waals surface area contributed by atoms with Gasteiger partial charge in [-0.05, 0) is 12.1 Å². The average molecular weight is 215 g/mol. The summed E-state index contributed by atoms with van der Waals surface area (Å²) in [5.41, 5.74) is -0.0310. The number of hydrogen-bond acceptors (Lipinski definition) is 3. The van der Waals surface area contributed by atoms with E-state index in [1.54, 1.807) is 0 Å². The van der Waals surface area contributed by atoms with Crippen LogP contribution < -0.4 is 5.14 Å². The Balaban J connectivity index is 2.90. The molecule has 0 aliphatic rings. The van der Waals surface area contributed by atoms with Gasteiger partial charge < -0.3 is 0 Å². The number of rotatable bonds is 1. The number of benzene rings is 1. The van der Waals surface area contributed by atoms with Crippen molar-refractivity contribution in [1.82, 2.24) is 10.2 Å². The highest BCUT2D eigenvalue weighted by Crippen LogP contribution is 2.20. The normalized spacial score (nSPS) is 12.1. The van der Waals surface area contributed by atoms with Gasteiger partial charge >= 0.3 is 0 Å². The molecule has 0 amide bonds. The van der Waals surface area contributed by atoms with E-state index in [2.05, 4.69) is 10.2 Å². The van der Waals surface area contributed by atoms with E-state index in [9.17, 15) is 12.8 Å². The first-order valence-corrected chi connectivity index (χ1v) is 5.20. The number of hydrogen-bond donors (Lipinski definition) is 2. The predicted octanol–water partition coefficient (Wildman–Crippen LogP) is 0.349. The predicted molar refractivity (Wildman–Crippen MR) is 47.4 cm³/mol. The van der Waals surface area contributed by atoms with Crippen molar-refractivity contribution >= 4 is 20.9 Å². The fourth-order valence-electron chi connectivity index (χ4n) is 1.20. The highest BCUT2D eigenvalue weighted by Gasteiger charge is 2.17. The minimum absolute atomic E-state index is 0.0310. The largest absolute Gasteiger partial charge is 0.265 e. The smallest absolute Gasteiger partial charge is 0.255 e. The molecule has 0 bridgehead atoms. The van der Waals surface area contributed by atoms with Gasteiger partial charge in [0.05, 0.1) is 0 Å². The van der Waals surface area contributed by atoms with Crippen LogP contribution in [0.15, 0.2) is 23.2 Å².